The number of hydrogen-bond donors (Lipinski definition) is 2. The van der Waals surface area contributed by atoms with Gasteiger partial charge in [0.15, 0.2) is 5.78 Å². The molecule has 1 aromatic carbocycles. The van der Waals surface area contributed by atoms with Crippen LogP contribution in [-0.2, 0) is 0 Å². The number of carbonyl (C=O) groups is 1. The summed E-state index contributed by atoms with van der Waals surface area (Å²) in [5.74, 6) is -0.223. The molecule has 0 heterocycles. The van der Waals surface area contributed by atoms with Gasteiger partial charge in [-0.3, -0.25) is 4.79 Å². The van der Waals surface area contributed by atoms with Gasteiger partial charge in [0.1, 0.15) is 0 Å². The van der Waals surface area contributed by atoms with Crippen LogP contribution in [0, 0.1) is 5.41 Å². The maximum Gasteiger partial charge on any atom is 0.183 e. The van der Waals surface area contributed by atoms with Gasteiger partial charge in [0.25, 0.3) is 0 Å². The third-order valence-corrected chi connectivity index (χ3v) is 3.59. The Balaban J connectivity index is 3.13. The van der Waals surface area contributed by atoms with Crippen molar-refractivity contribution in [1.82, 2.24) is 0 Å². The second-order valence-corrected chi connectivity index (χ2v) is 5.52. The van der Waals surface area contributed by atoms with Gasteiger partial charge in [-0.2, -0.15) is 0 Å². The van der Waals surface area contributed by atoms with E-state index in [2.05, 4.69) is 0 Å². The summed E-state index contributed by atoms with van der Waals surface area (Å²) >= 11 is 5.84. The Hall–Kier alpha value is -0.900. The summed E-state index contributed by atoms with van der Waals surface area (Å²) in [6.07, 6.45) is 0. The summed E-state index contributed by atoms with van der Waals surface area (Å²) in [6, 6.07) is 6.66. The summed E-state index contributed by atoms with van der Waals surface area (Å²) in [7, 11) is 0. The van der Waals surface area contributed by atoms with Gasteiger partial charge >= 0.3 is 0 Å². The molecule has 0 radical (unpaired) electrons. The lowest BCUT2D eigenvalue weighted by Gasteiger charge is -2.38. The van der Waals surface area contributed by atoms with E-state index >= 15 is 0 Å². The van der Waals surface area contributed by atoms with Crippen LogP contribution < -0.4 is 5.73 Å². The molecule has 1 atom stereocenters. The number of hydrogen-bond acceptors (Lipinski definition) is 3. The Morgan fingerprint density at radius 2 is 2.00 bits per heavy atom. The van der Waals surface area contributed by atoms with Crippen molar-refractivity contribution in [2.24, 2.45) is 11.1 Å². The van der Waals surface area contributed by atoms with E-state index in [-0.39, 0.29) is 12.4 Å². The van der Waals surface area contributed by atoms with Gasteiger partial charge in [-0.05, 0) is 19.1 Å². The summed E-state index contributed by atoms with van der Waals surface area (Å²) < 4.78 is 0. The molecule has 3 nitrogen and oxygen atoms in total. The number of aliphatic hydroxyl groups is 1. The predicted molar refractivity (Wildman–Crippen MR) is 69.2 cm³/mol. The molecule has 0 amide bonds. The van der Waals surface area contributed by atoms with Crippen LogP contribution in [0.15, 0.2) is 24.3 Å². The lowest BCUT2D eigenvalue weighted by atomic mass is 9.70. The van der Waals surface area contributed by atoms with Crippen LogP contribution in [0.2, 0.25) is 5.02 Å². The minimum absolute atomic E-state index is 0.160. The quantitative estimate of drug-likeness (QED) is 0.812. The highest BCUT2D eigenvalue weighted by atomic mass is 35.5. The third kappa shape index (κ3) is 2.68. The standard InChI is InChI=1S/C13H18ClNO2/c1-12(2,8-16)13(3,15)11(17)9-5-4-6-10(14)7-9/h4-7,16H,8,15H2,1-3H3. The molecule has 1 unspecified atom stereocenters. The lowest BCUT2D eigenvalue weighted by Crippen LogP contribution is -2.57. The van der Waals surface area contributed by atoms with Crippen LogP contribution in [0.4, 0.5) is 0 Å². The third-order valence-electron chi connectivity index (χ3n) is 3.36. The summed E-state index contributed by atoms with van der Waals surface area (Å²) in [4.78, 5) is 12.3. The lowest BCUT2D eigenvalue weighted by molar-refractivity contribution is 0.0565. The molecule has 0 fully saturated rings. The second kappa shape index (κ2) is 4.77. The Morgan fingerprint density at radius 3 is 2.47 bits per heavy atom. The van der Waals surface area contributed by atoms with Crippen LogP contribution in [-0.4, -0.2) is 23.0 Å². The molecule has 4 heteroatoms. The van der Waals surface area contributed by atoms with Crippen LogP contribution in [0.5, 0.6) is 0 Å². The number of halogens is 1. The number of benzene rings is 1. The fraction of sp³-hybridized carbons (Fsp3) is 0.462. The van der Waals surface area contributed by atoms with Crippen molar-refractivity contribution in [2.45, 2.75) is 26.3 Å². The van der Waals surface area contributed by atoms with E-state index in [9.17, 15) is 9.90 Å². The summed E-state index contributed by atoms with van der Waals surface area (Å²) in [5, 5.41) is 9.82. The maximum absolute atomic E-state index is 12.3. The average Bonchev–Trinajstić information content (AvgIpc) is 2.27. The monoisotopic (exact) mass is 255 g/mol. The van der Waals surface area contributed by atoms with E-state index < -0.39 is 11.0 Å². The molecular weight excluding hydrogens is 238 g/mol. The van der Waals surface area contributed by atoms with Gasteiger partial charge in [0.2, 0.25) is 0 Å². The van der Waals surface area contributed by atoms with E-state index in [1.165, 1.54) is 0 Å². The van der Waals surface area contributed by atoms with Crippen LogP contribution in [0.3, 0.4) is 0 Å². The average molecular weight is 256 g/mol. The van der Waals surface area contributed by atoms with Crippen LogP contribution in [0.25, 0.3) is 0 Å². The zero-order valence-electron chi connectivity index (χ0n) is 10.3. The first-order valence-electron chi connectivity index (χ1n) is 5.42. The molecule has 0 saturated carbocycles. The smallest absolute Gasteiger partial charge is 0.183 e. The Morgan fingerprint density at radius 1 is 1.41 bits per heavy atom. The number of ketones is 1. The van der Waals surface area contributed by atoms with Gasteiger partial charge in [-0.25, -0.2) is 0 Å². The van der Waals surface area contributed by atoms with Crippen molar-refractivity contribution in [3.8, 4) is 0 Å². The Labute approximate surface area is 107 Å². The SMILES string of the molecule is CC(C)(CO)C(C)(N)C(=O)c1cccc(Cl)c1. The Kier molecular flexibility index (Phi) is 3.97. The van der Waals surface area contributed by atoms with E-state index in [1.54, 1.807) is 45.0 Å². The highest BCUT2D eigenvalue weighted by Gasteiger charge is 2.43. The van der Waals surface area contributed by atoms with Crippen molar-refractivity contribution in [3.05, 3.63) is 34.9 Å². The van der Waals surface area contributed by atoms with Crippen molar-refractivity contribution < 1.29 is 9.90 Å². The van der Waals surface area contributed by atoms with Gasteiger partial charge in [-0.1, -0.05) is 37.6 Å². The highest BCUT2D eigenvalue weighted by molar-refractivity contribution is 6.31. The first-order valence-corrected chi connectivity index (χ1v) is 5.80. The largest absolute Gasteiger partial charge is 0.396 e. The molecule has 0 aliphatic carbocycles. The molecule has 1 rings (SSSR count). The number of rotatable bonds is 4. The number of aliphatic hydroxyl groups excluding tert-OH is 1. The fourth-order valence-electron chi connectivity index (χ4n) is 1.40. The van der Waals surface area contributed by atoms with E-state index in [0.29, 0.717) is 10.6 Å². The molecule has 0 aliphatic rings. The highest BCUT2D eigenvalue weighted by Crippen LogP contribution is 2.31. The molecule has 0 spiro atoms. The predicted octanol–water partition coefficient (Wildman–Crippen LogP) is 2.26. The van der Waals surface area contributed by atoms with Crippen molar-refractivity contribution in [2.75, 3.05) is 6.61 Å². The van der Waals surface area contributed by atoms with Gasteiger partial charge in [0.05, 0.1) is 12.1 Å². The van der Waals surface area contributed by atoms with Gasteiger partial charge < -0.3 is 10.8 Å². The zero-order chi connectivity index (χ0) is 13.3. The van der Waals surface area contributed by atoms with E-state index in [4.69, 9.17) is 17.3 Å². The number of nitrogens with two attached hydrogens (primary N) is 1. The Bertz CT molecular complexity index is 427. The van der Waals surface area contributed by atoms with Crippen LogP contribution >= 0.6 is 11.6 Å². The normalized spacial score (nSPS) is 15.4. The molecule has 0 aliphatic heterocycles. The van der Waals surface area contributed by atoms with Crippen molar-refractivity contribution in [3.63, 3.8) is 0 Å². The molecular formula is C13H18ClNO2. The summed E-state index contributed by atoms with van der Waals surface area (Å²) in [5.41, 5.74) is 4.69. The molecule has 17 heavy (non-hydrogen) atoms. The van der Waals surface area contributed by atoms with Crippen LogP contribution in [0.1, 0.15) is 31.1 Å². The second-order valence-electron chi connectivity index (χ2n) is 5.08. The maximum atomic E-state index is 12.3. The molecule has 0 saturated heterocycles. The molecule has 0 bridgehead atoms. The first kappa shape index (κ1) is 14.2. The van der Waals surface area contributed by atoms with Crippen molar-refractivity contribution >= 4 is 17.4 Å². The fourth-order valence-corrected chi connectivity index (χ4v) is 1.59. The minimum atomic E-state index is -1.15. The zero-order valence-corrected chi connectivity index (χ0v) is 11.1. The van der Waals surface area contributed by atoms with Gasteiger partial charge in [0, 0.05) is 16.0 Å². The molecule has 94 valence electrons. The van der Waals surface area contributed by atoms with Crippen molar-refractivity contribution in [1.29, 1.82) is 0 Å². The topological polar surface area (TPSA) is 63.3 Å². The van der Waals surface area contributed by atoms with E-state index in [1.807, 2.05) is 0 Å². The molecule has 1 aromatic rings. The van der Waals surface area contributed by atoms with E-state index in [0.717, 1.165) is 0 Å². The minimum Gasteiger partial charge on any atom is -0.396 e. The molecule has 3 N–H and O–H groups in total. The molecule has 0 aromatic heterocycles. The first-order chi connectivity index (χ1) is 7.72. The summed E-state index contributed by atoms with van der Waals surface area (Å²) in [6.45, 7) is 4.99. The number of carbonyl (C=O) groups excluding carboxylic acids is 1. The van der Waals surface area contributed by atoms with Gasteiger partial charge in [-0.15, -0.1) is 0 Å². The number of Topliss-reactive ketones (excluding diaryl/α,β-unsaturated/α-hetero) is 1.